The summed E-state index contributed by atoms with van der Waals surface area (Å²) in [7, 11) is 0. The van der Waals surface area contributed by atoms with E-state index in [1.165, 1.54) is 84.9 Å². The summed E-state index contributed by atoms with van der Waals surface area (Å²) in [4.78, 5) is 0. The minimum Gasteiger partial charge on any atom is -0.508 e. The predicted molar refractivity (Wildman–Crippen MR) is 251 cm³/mol. The molecule has 3 aliphatic heterocycles. The molecule has 10 N–H and O–H groups in total. The van der Waals surface area contributed by atoms with Crippen LogP contribution in [0, 0.1) is 0 Å². The number of benzene rings is 8. The Morgan fingerprint density at radius 3 is 1.26 bits per heavy atom. The van der Waals surface area contributed by atoms with Gasteiger partial charge in [-0.15, -0.1) is 0 Å². The normalized spacial score (nSPS) is 22.4. The maximum absolute atomic E-state index is 11.8. The fourth-order valence-electron chi connectivity index (χ4n) is 10.8. The van der Waals surface area contributed by atoms with Gasteiger partial charge >= 0.3 is 0 Å². The van der Waals surface area contributed by atoms with E-state index in [0.29, 0.717) is 55.6 Å². The molecule has 1 saturated heterocycles. The molecule has 0 bridgehead atoms. The van der Waals surface area contributed by atoms with Crippen molar-refractivity contribution in [1.29, 1.82) is 0 Å². The van der Waals surface area contributed by atoms with Gasteiger partial charge in [0.25, 0.3) is 0 Å². The van der Waals surface area contributed by atoms with Crippen LogP contribution in [0.25, 0.3) is 0 Å². The minimum absolute atomic E-state index is 0.00479. The molecule has 8 aromatic rings. The van der Waals surface area contributed by atoms with Crippen LogP contribution in [0.3, 0.4) is 0 Å². The Morgan fingerprint density at radius 2 is 0.725 bits per heavy atom. The second-order valence-electron chi connectivity index (χ2n) is 17.9. The highest BCUT2D eigenvalue weighted by Crippen LogP contribution is 2.66. The maximum atomic E-state index is 11.8. The van der Waals surface area contributed by atoms with Gasteiger partial charge in [0.1, 0.15) is 81.2 Å². The van der Waals surface area contributed by atoms with Crippen molar-refractivity contribution in [3.8, 4) is 69.0 Å². The molecule has 13 nitrogen and oxygen atoms in total. The molecule has 3 heterocycles. The molecule has 1 fully saturated rings. The molecule has 8 atom stereocenters. The Bertz CT molecular complexity index is 3240. The molecule has 0 radical (unpaired) electrons. The first kappa shape index (κ1) is 42.9. The molecule has 13 heteroatoms. The van der Waals surface area contributed by atoms with Crippen LogP contribution in [0.5, 0.6) is 69.0 Å². The van der Waals surface area contributed by atoms with E-state index in [-0.39, 0.29) is 69.0 Å². The summed E-state index contributed by atoms with van der Waals surface area (Å²) in [6.45, 7) is 0. The predicted octanol–water partition coefficient (Wildman–Crippen LogP) is 10.7. The van der Waals surface area contributed by atoms with Crippen LogP contribution in [0.15, 0.2) is 158 Å². The van der Waals surface area contributed by atoms with Gasteiger partial charge in [-0.3, -0.25) is 0 Å². The quantitative estimate of drug-likeness (QED) is 0.0685. The molecule has 0 aliphatic carbocycles. The van der Waals surface area contributed by atoms with Crippen molar-refractivity contribution in [2.75, 3.05) is 0 Å². The number of aromatic hydroxyl groups is 10. The van der Waals surface area contributed by atoms with Crippen molar-refractivity contribution in [2.45, 2.75) is 48.1 Å². The van der Waals surface area contributed by atoms with E-state index in [2.05, 4.69) is 0 Å². The maximum Gasteiger partial charge on any atom is 0.135 e. The first-order valence-corrected chi connectivity index (χ1v) is 22.2. The monoisotopic (exact) mass is 924 g/mol. The molecule has 3 aliphatic rings. The van der Waals surface area contributed by atoms with Crippen LogP contribution < -0.4 is 9.47 Å². The van der Waals surface area contributed by atoms with Gasteiger partial charge in [-0.2, -0.15) is 0 Å². The minimum atomic E-state index is -0.909. The van der Waals surface area contributed by atoms with Crippen molar-refractivity contribution in [2.24, 2.45) is 0 Å². The Hall–Kier alpha value is -8.68. The zero-order chi connectivity index (χ0) is 47.8. The molecular formula is C56H44O13. The van der Waals surface area contributed by atoms with E-state index in [0.717, 1.165) is 0 Å². The second-order valence-corrected chi connectivity index (χ2v) is 17.9. The first-order chi connectivity index (χ1) is 33.3. The third-order valence-electron chi connectivity index (χ3n) is 13.6. The van der Waals surface area contributed by atoms with Gasteiger partial charge in [0.05, 0.1) is 24.0 Å². The molecule has 346 valence electrons. The van der Waals surface area contributed by atoms with E-state index in [4.69, 9.17) is 14.2 Å². The molecule has 0 saturated carbocycles. The lowest BCUT2D eigenvalue weighted by molar-refractivity contribution is 0.0365. The summed E-state index contributed by atoms with van der Waals surface area (Å²) >= 11 is 0. The Morgan fingerprint density at radius 1 is 0.290 bits per heavy atom. The number of fused-ring (bicyclic) bond motifs is 2. The van der Waals surface area contributed by atoms with Gasteiger partial charge in [-0.1, -0.05) is 54.6 Å². The smallest absolute Gasteiger partial charge is 0.135 e. The van der Waals surface area contributed by atoms with E-state index in [1.54, 1.807) is 72.8 Å². The van der Waals surface area contributed by atoms with Gasteiger partial charge in [0.15, 0.2) is 0 Å². The second kappa shape index (κ2) is 16.6. The zero-order valence-corrected chi connectivity index (χ0v) is 36.3. The van der Waals surface area contributed by atoms with Crippen molar-refractivity contribution in [3.05, 3.63) is 213 Å². The first-order valence-electron chi connectivity index (χ1n) is 22.2. The van der Waals surface area contributed by atoms with Crippen LogP contribution in [0.2, 0.25) is 0 Å². The number of ether oxygens (including phenoxy) is 3. The highest BCUT2D eigenvalue weighted by molar-refractivity contribution is 5.65. The van der Waals surface area contributed by atoms with Crippen molar-refractivity contribution < 1.29 is 65.3 Å². The van der Waals surface area contributed by atoms with Crippen LogP contribution >= 0.6 is 0 Å². The van der Waals surface area contributed by atoms with E-state index < -0.39 is 48.1 Å². The summed E-state index contributed by atoms with van der Waals surface area (Å²) in [6, 6.07) is 40.9. The molecule has 0 spiro atoms. The number of phenols is 10. The average molecular weight is 925 g/mol. The lowest BCUT2D eigenvalue weighted by Crippen LogP contribution is -2.19. The average Bonchev–Trinajstić information content (AvgIpc) is 4.01. The molecule has 11 rings (SSSR count). The molecule has 8 aromatic carbocycles. The summed E-state index contributed by atoms with van der Waals surface area (Å²) in [5, 5.41) is 110. The fraction of sp³-hybridized carbons (Fsp3) is 0.143. The zero-order valence-electron chi connectivity index (χ0n) is 36.3. The number of phenolic OH excluding ortho intramolecular Hbond substituents is 10. The van der Waals surface area contributed by atoms with Crippen LogP contribution in [-0.2, 0) is 4.74 Å². The lowest BCUT2D eigenvalue weighted by atomic mass is 9.70. The van der Waals surface area contributed by atoms with Gasteiger partial charge in [-0.05, 0) is 118 Å². The summed E-state index contributed by atoms with van der Waals surface area (Å²) in [6.07, 6.45) is -3.47. The highest BCUT2D eigenvalue weighted by Gasteiger charge is 2.53. The van der Waals surface area contributed by atoms with Crippen LogP contribution in [-0.4, -0.2) is 51.1 Å². The molecule has 8 unspecified atom stereocenters. The molecular weight excluding hydrogens is 881 g/mol. The Kier molecular flexibility index (Phi) is 10.3. The summed E-state index contributed by atoms with van der Waals surface area (Å²) in [5.74, 6) is -3.86. The third-order valence-corrected chi connectivity index (χ3v) is 13.6. The lowest BCUT2D eigenvalue weighted by Gasteiger charge is -2.30. The van der Waals surface area contributed by atoms with Gasteiger partial charge < -0.3 is 65.3 Å². The fourth-order valence-corrected chi connectivity index (χ4v) is 10.8. The topological polar surface area (TPSA) is 230 Å². The van der Waals surface area contributed by atoms with Gasteiger partial charge in [0.2, 0.25) is 0 Å². The summed E-state index contributed by atoms with van der Waals surface area (Å²) < 4.78 is 20.9. The van der Waals surface area contributed by atoms with Crippen molar-refractivity contribution in [3.63, 3.8) is 0 Å². The largest absolute Gasteiger partial charge is 0.508 e. The standard InChI is InChI=1S/C56H44O13/c57-32-10-4-27(5-11-32)53-51(42-22-39(64)25-45-48(42)47(31-19-37(62)21-38(63)20-31)56(68-45)30-2-1-3-35(60)18-30)49-43(23-40(65)26-46(49)67-53)52-50(41-17-16-36(61)24-44(41)66)54(28-6-12-33(58)13-7-28)69-55(52)29-8-14-34(59)15-9-29/h1-26,47,50-66H. The number of rotatable bonds is 8. The van der Waals surface area contributed by atoms with Crippen molar-refractivity contribution in [1.82, 2.24) is 0 Å². The van der Waals surface area contributed by atoms with Crippen LogP contribution in [0.4, 0.5) is 0 Å². The molecule has 0 aromatic heterocycles. The van der Waals surface area contributed by atoms with Crippen molar-refractivity contribution >= 4 is 0 Å². The third kappa shape index (κ3) is 7.58. The number of hydrogen-bond donors (Lipinski definition) is 10. The van der Waals surface area contributed by atoms with Gasteiger partial charge in [0, 0.05) is 52.8 Å². The summed E-state index contributed by atoms with van der Waals surface area (Å²) in [5.41, 5.74) is 5.42. The van der Waals surface area contributed by atoms with E-state index in [1.807, 2.05) is 0 Å². The Balaban J connectivity index is 1.20. The van der Waals surface area contributed by atoms with E-state index in [9.17, 15) is 51.1 Å². The molecule has 0 amide bonds. The van der Waals surface area contributed by atoms with Crippen LogP contribution in [0.1, 0.15) is 104 Å². The molecule has 69 heavy (non-hydrogen) atoms. The Labute approximate surface area is 394 Å². The van der Waals surface area contributed by atoms with E-state index >= 15 is 0 Å². The number of hydrogen-bond acceptors (Lipinski definition) is 13. The SMILES string of the molecule is Oc1ccc(C2Oc3cc(O)cc(C4C(c5ccc(O)cc5)OC(c5ccc(O)cc5)C4c4ccc(O)cc4O)c3C2c2cc(O)cc3c2C(c2cc(O)cc(O)c2)C(c2cccc(O)c2)O3)cc1. The highest BCUT2D eigenvalue weighted by atomic mass is 16.5. The van der Waals surface area contributed by atoms with Gasteiger partial charge in [-0.25, -0.2) is 0 Å².